The predicted octanol–water partition coefficient (Wildman–Crippen LogP) is 1.97. The number of ether oxygens (including phenoxy) is 2. The molecule has 8 nitrogen and oxygen atoms in total. The number of fused-ring (bicyclic) bond motifs is 1. The molecule has 0 aliphatic heterocycles. The molecule has 2 N–H and O–H groups in total. The standard InChI is InChI=1S/C17H20N4O4S2/c1-10-12-5-4-6-13(12)19-16(18-10)20-17(26)21-27(22,23)15-9-11(24-2)7-8-14(15)25-3/h7-9H,4-6H2,1-3H3,(H2,18,19,20,21,26). The van der Waals surface area contributed by atoms with Crippen molar-refractivity contribution in [2.75, 3.05) is 19.5 Å². The molecule has 10 heteroatoms. The summed E-state index contributed by atoms with van der Waals surface area (Å²) in [5, 5.41) is 2.62. The minimum Gasteiger partial charge on any atom is -0.497 e. The summed E-state index contributed by atoms with van der Waals surface area (Å²) >= 11 is 5.14. The second kappa shape index (κ2) is 7.65. The molecule has 0 bridgehead atoms. The fraction of sp³-hybridized carbons (Fsp3) is 0.353. The number of hydrogen-bond donors (Lipinski definition) is 2. The zero-order valence-corrected chi connectivity index (χ0v) is 16.8. The first-order valence-electron chi connectivity index (χ1n) is 8.26. The Hall–Kier alpha value is -2.46. The molecule has 3 rings (SSSR count). The fourth-order valence-electron chi connectivity index (χ4n) is 2.97. The highest BCUT2D eigenvalue weighted by Crippen LogP contribution is 2.28. The van der Waals surface area contributed by atoms with E-state index in [0.29, 0.717) is 5.75 Å². The molecule has 1 aromatic heterocycles. The Kier molecular flexibility index (Phi) is 5.47. The number of anilines is 1. The van der Waals surface area contributed by atoms with E-state index in [4.69, 9.17) is 21.7 Å². The van der Waals surface area contributed by atoms with Crippen LogP contribution in [0.5, 0.6) is 11.5 Å². The monoisotopic (exact) mass is 408 g/mol. The Morgan fingerprint density at radius 2 is 1.96 bits per heavy atom. The lowest BCUT2D eigenvalue weighted by molar-refractivity contribution is 0.392. The molecule has 0 spiro atoms. The normalized spacial score (nSPS) is 13.0. The zero-order valence-electron chi connectivity index (χ0n) is 15.2. The van der Waals surface area contributed by atoms with Gasteiger partial charge < -0.3 is 14.8 Å². The van der Waals surface area contributed by atoms with Gasteiger partial charge in [0.05, 0.1) is 14.2 Å². The topological polar surface area (TPSA) is 102 Å². The minimum absolute atomic E-state index is 0.0837. The van der Waals surface area contributed by atoms with E-state index in [1.165, 1.54) is 26.4 Å². The number of methoxy groups -OCH3 is 2. The van der Waals surface area contributed by atoms with Crippen LogP contribution < -0.4 is 19.5 Å². The van der Waals surface area contributed by atoms with Crippen molar-refractivity contribution in [2.24, 2.45) is 0 Å². The first-order chi connectivity index (χ1) is 12.8. The molecule has 0 saturated heterocycles. The Morgan fingerprint density at radius 3 is 2.67 bits per heavy atom. The highest BCUT2D eigenvalue weighted by atomic mass is 32.2. The lowest BCUT2D eigenvalue weighted by atomic mass is 10.2. The van der Waals surface area contributed by atoms with Gasteiger partial charge in [-0.25, -0.2) is 18.4 Å². The fourth-order valence-corrected chi connectivity index (χ4v) is 4.49. The van der Waals surface area contributed by atoms with Crippen LogP contribution in [-0.4, -0.2) is 37.7 Å². The van der Waals surface area contributed by atoms with Crippen LogP contribution in [0.3, 0.4) is 0 Å². The third-order valence-electron chi connectivity index (χ3n) is 4.25. The molecule has 1 heterocycles. The molecule has 0 fully saturated rings. The third kappa shape index (κ3) is 4.11. The van der Waals surface area contributed by atoms with Crippen molar-refractivity contribution in [1.29, 1.82) is 0 Å². The second-order valence-corrected chi connectivity index (χ2v) is 8.05. The molecular weight excluding hydrogens is 388 g/mol. The summed E-state index contributed by atoms with van der Waals surface area (Å²) in [4.78, 5) is 8.70. The molecule has 27 heavy (non-hydrogen) atoms. The first-order valence-corrected chi connectivity index (χ1v) is 10.2. The summed E-state index contributed by atoms with van der Waals surface area (Å²) in [5.74, 6) is 0.835. The first kappa shape index (κ1) is 19.3. The van der Waals surface area contributed by atoms with Crippen molar-refractivity contribution in [3.63, 3.8) is 0 Å². The van der Waals surface area contributed by atoms with Gasteiger partial charge in [-0.05, 0) is 56.1 Å². The van der Waals surface area contributed by atoms with Gasteiger partial charge in [-0.15, -0.1) is 0 Å². The van der Waals surface area contributed by atoms with Crippen LogP contribution in [-0.2, 0) is 22.9 Å². The molecule has 0 atom stereocenters. The van der Waals surface area contributed by atoms with E-state index >= 15 is 0 Å². The summed E-state index contributed by atoms with van der Waals surface area (Å²) in [6.07, 6.45) is 2.89. The van der Waals surface area contributed by atoms with Crippen molar-refractivity contribution in [3.8, 4) is 11.5 Å². The SMILES string of the molecule is COc1ccc(OC)c(S(=O)(=O)NC(=S)Nc2nc(C)c3c(n2)CCC3)c1. The second-order valence-electron chi connectivity index (χ2n) is 5.99. The van der Waals surface area contributed by atoms with Crippen molar-refractivity contribution in [3.05, 3.63) is 35.2 Å². The Morgan fingerprint density at radius 1 is 1.19 bits per heavy atom. The maximum Gasteiger partial charge on any atom is 0.267 e. The number of nitrogens with one attached hydrogen (secondary N) is 2. The lowest BCUT2D eigenvalue weighted by Gasteiger charge is -2.14. The van der Waals surface area contributed by atoms with Gasteiger partial charge in [0.2, 0.25) is 5.95 Å². The van der Waals surface area contributed by atoms with E-state index < -0.39 is 10.0 Å². The van der Waals surface area contributed by atoms with Gasteiger partial charge in [0.25, 0.3) is 10.0 Å². The van der Waals surface area contributed by atoms with Crippen LogP contribution in [0.4, 0.5) is 5.95 Å². The summed E-state index contributed by atoms with van der Waals surface area (Å²) in [5.41, 5.74) is 3.01. The van der Waals surface area contributed by atoms with Crippen molar-refractivity contribution in [2.45, 2.75) is 31.1 Å². The van der Waals surface area contributed by atoms with Gasteiger partial charge in [0.1, 0.15) is 16.4 Å². The van der Waals surface area contributed by atoms with E-state index in [9.17, 15) is 8.42 Å². The van der Waals surface area contributed by atoms with Gasteiger partial charge in [-0.1, -0.05) is 0 Å². The highest BCUT2D eigenvalue weighted by Gasteiger charge is 2.23. The smallest absolute Gasteiger partial charge is 0.267 e. The maximum atomic E-state index is 12.7. The van der Waals surface area contributed by atoms with Gasteiger partial charge >= 0.3 is 0 Å². The number of benzene rings is 1. The number of nitrogens with zero attached hydrogens (tertiary/aromatic N) is 2. The van der Waals surface area contributed by atoms with Crippen molar-refractivity contribution >= 4 is 33.3 Å². The van der Waals surface area contributed by atoms with Crippen LogP contribution in [0.2, 0.25) is 0 Å². The van der Waals surface area contributed by atoms with Crippen molar-refractivity contribution in [1.82, 2.24) is 14.7 Å². The zero-order chi connectivity index (χ0) is 19.6. The van der Waals surface area contributed by atoms with E-state index in [-0.39, 0.29) is 21.7 Å². The summed E-state index contributed by atoms with van der Waals surface area (Å²) in [7, 11) is -1.15. The maximum absolute atomic E-state index is 12.7. The molecule has 2 aromatic rings. The van der Waals surface area contributed by atoms with Crippen LogP contribution in [0, 0.1) is 6.92 Å². The van der Waals surface area contributed by atoms with E-state index in [2.05, 4.69) is 20.0 Å². The third-order valence-corrected chi connectivity index (χ3v) is 5.96. The van der Waals surface area contributed by atoms with Gasteiger partial charge in [-0.2, -0.15) is 0 Å². The van der Waals surface area contributed by atoms with E-state index in [1.807, 2.05) is 6.92 Å². The van der Waals surface area contributed by atoms with E-state index in [1.54, 1.807) is 6.07 Å². The molecule has 0 amide bonds. The molecule has 1 aliphatic carbocycles. The molecule has 144 valence electrons. The summed E-state index contributed by atoms with van der Waals surface area (Å²) < 4.78 is 38.0. The Bertz CT molecular complexity index is 993. The van der Waals surface area contributed by atoms with Gasteiger partial charge in [0.15, 0.2) is 5.11 Å². The molecule has 0 radical (unpaired) electrons. The average molecular weight is 409 g/mol. The summed E-state index contributed by atoms with van der Waals surface area (Å²) in [6, 6.07) is 4.48. The highest BCUT2D eigenvalue weighted by molar-refractivity contribution is 7.92. The number of thiocarbonyl (C=S) groups is 1. The predicted molar refractivity (Wildman–Crippen MR) is 105 cm³/mol. The number of hydrogen-bond acceptors (Lipinski definition) is 7. The Balaban J connectivity index is 1.80. The van der Waals surface area contributed by atoms with Gasteiger partial charge in [-0.3, -0.25) is 4.72 Å². The summed E-state index contributed by atoms with van der Waals surface area (Å²) in [6.45, 7) is 1.91. The Labute approximate surface area is 163 Å². The number of aromatic nitrogens is 2. The van der Waals surface area contributed by atoms with E-state index in [0.717, 1.165) is 36.2 Å². The lowest BCUT2D eigenvalue weighted by Crippen LogP contribution is -2.35. The van der Waals surface area contributed by atoms with Gasteiger partial charge in [0, 0.05) is 17.5 Å². The van der Waals surface area contributed by atoms with Crippen LogP contribution in [0.1, 0.15) is 23.4 Å². The molecule has 1 aromatic carbocycles. The molecule has 0 saturated carbocycles. The quantitative estimate of drug-likeness (QED) is 0.724. The number of rotatable bonds is 5. The average Bonchev–Trinajstić information content (AvgIpc) is 3.09. The molecule has 1 aliphatic rings. The largest absolute Gasteiger partial charge is 0.497 e. The number of sulfonamides is 1. The minimum atomic E-state index is -3.99. The van der Waals surface area contributed by atoms with Crippen LogP contribution >= 0.6 is 12.2 Å². The number of aryl methyl sites for hydroxylation is 2. The van der Waals surface area contributed by atoms with Crippen LogP contribution in [0.25, 0.3) is 0 Å². The molecular formula is C17H20N4O4S2. The van der Waals surface area contributed by atoms with Crippen molar-refractivity contribution < 1.29 is 17.9 Å². The van der Waals surface area contributed by atoms with Crippen LogP contribution in [0.15, 0.2) is 23.1 Å². The molecule has 0 unspecified atom stereocenters.